The average molecular weight is 221 g/mol. The fourth-order valence-corrected chi connectivity index (χ4v) is 1.29. The number of methoxy groups -OCH3 is 1. The van der Waals surface area contributed by atoms with Gasteiger partial charge in [-0.3, -0.25) is 9.59 Å². The molecule has 1 amide bonds. The molecular weight excluding hydrogens is 206 g/mol. The predicted molar refractivity (Wildman–Crippen MR) is 61.6 cm³/mol. The molecule has 0 unspecified atom stereocenters. The van der Waals surface area contributed by atoms with Crippen molar-refractivity contribution < 1.29 is 14.3 Å². The average Bonchev–Trinajstić information content (AvgIpc) is 2.29. The highest BCUT2D eigenvalue weighted by Gasteiger charge is 2.02. The maximum absolute atomic E-state index is 11.4. The van der Waals surface area contributed by atoms with Crippen molar-refractivity contribution >= 4 is 17.9 Å². The first-order valence-electron chi connectivity index (χ1n) is 5.10. The van der Waals surface area contributed by atoms with E-state index in [1.807, 2.05) is 0 Å². The molecule has 0 radical (unpaired) electrons. The number of amides is 1. The van der Waals surface area contributed by atoms with Crippen molar-refractivity contribution in [3.05, 3.63) is 29.8 Å². The van der Waals surface area contributed by atoms with Gasteiger partial charge in [0, 0.05) is 31.4 Å². The van der Waals surface area contributed by atoms with Crippen LogP contribution in [0.4, 0.5) is 5.69 Å². The molecule has 1 aromatic rings. The van der Waals surface area contributed by atoms with E-state index in [-0.39, 0.29) is 5.91 Å². The van der Waals surface area contributed by atoms with Crippen molar-refractivity contribution in [2.75, 3.05) is 19.0 Å². The minimum atomic E-state index is -0.0694. The standard InChI is InChI=1S/C12H15NO3/c1-16-7-3-6-12(15)13-11-5-2-4-10(8-11)9-14/h2,4-5,8-9H,3,6-7H2,1H3,(H,13,15). The SMILES string of the molecule is COCCCC(=O)Nc1cccc(C=O)c1. The Bertz CT molecular complexity index is 363. The van der Waals surface area contributed by atoms with Crippen molar-refractivity contribution in [2.45, 2.75) is 12.8 Å². The number of rotatable bonds is 6. The van der Waals surface area contributed by atoms with E-state index >= 15 is 0 Å². The molecular formula is C12H15NO3. The lowest BCUT2D eigenvalue weighted by Gasteiger charge is -2.05. The lowest BCUT2D eigenvalue weighted by atomic mass is 10.2. The largest absolute Gasteiger partial charge is 0.385 e. The van der Waals surface area contributed by atoms with Gasteiger partial charge in [0.15, 0.2) is 0 Å². The Morgan fingerprint density at radius 3 is 3.00 bits per heavy atom. The van der Waals surface area contributed by atoms with Crippen LogP contribution in [0.25, 0.3) is 0 Å². The van der Waals surface area contributed by atoms with Gasteiger partial charge in [0.1, 0.15) is 6.29 Å². The van der Waals surface area contributed by atoms with Crippen LogP contribution in [0.3, 0.4) is 0 Å². The quantitative estimate of drug-likeness (QED) is 0.589. The number of hydrogen-bond donors (Lipinski definition) is 1. The van der Waals surface area contributed by atoms with Gasteiger partial charge in [0.2, 0.25) is 5.91 Å². The van der Waals surface area contributed by atoms with Crippen LogP contribution in [0.5, 0.6) is 0 Å². The molecule has 0 heterocycles. The van der Waals surface area contributed by atoms with Crippen LogP contribution in [0, 0.1) is 0 Å². The molecule has 0 saturated heterocycles. The summed E-state index contributed by atoms with van der Waals surface area (Å²) in [6.45, 7) is 0.571. The van der Waals surface area contributed by atoms with Crippen molar-refractivity contribution in [3.8, 4) is 0 Å². The summed E-state index contributed by atoms with van der Waals surface area (Å²) in [5.41, 5.74) is 1.20. The fourth-order valence-electron chi connectivity index (χ4n) is 1.29. The highest BCUT2D eigenvalue weighted by Crippen LogP contribution is 2.09. The maximum atomic E-state index is 11.4. The molecule has 0 aliphatic rings. The number of carbonyl (C=O) groups excluding carboxylic acids is 2. The number of aldehydes is 1. The van der Waals surface area contributed by atoms with Gasteiger partial charge in [0.25, 0.3) is 0 Å². The zero-order valence-electron chi connectivity index (χ0n) is 9.23. The topological polar surface area (TPSA) is 55.4 Å². The minimum absolute atomic E-state index is 0.0694. The molecule has 1 aromatic carbocycles. The molecule has 0 aliphatic heterocycles. The second kappa shape index (κ2) is 6.74. The maximum Gasteiger partial charge on any atom is 0.224 e. The van der Waals surface area contributed by atoms with E-state index in [1.165, 1.54) is 0 Å². The Balaban J connectivity index is 2.46. The number of hydrogen-bond acceptors (Lipinski definition) is 3. The molecule has 0 aliphatic carbocycles. The third-order valence-electron chi connectivity index (χ3n) is 2.06. The van der Waals surface area contributed by atoms with E-state index in [0.29, 0.717) is 30.7 Å². The van der Waals surface area contributed by atoms with E-state index < -0.39 is 0 Å². The summed E-state index contributed by atoms with van der Waals surface area (Å²) in [6.07, 6.45) is 1.86. The number of ether oxygens (including phenoxy) is 1. The van der Waals surface area contributed by atoms with Gasteiger partial charge in [-0.05, 0) is 18.6 Å². The van der Waals surface area contributed by atoms with Crippen LogP contribution < -0.4 is 5.32 Å². The Morgan fingerprint density at radius 1 is 1.50 bits per heavy atom. The molecule has 4 heteroatoms. The highest BCUT2D eigenvalue weighted by atomic mass is 16.5. The molecule has 0 bridgehead atoms. The summed E-state index contributed by atoms with van der Waals surface area (Å²) in [6, 6.07) is 6.81. The molecule has 1 rings (SSSR count). The third kappa shape index (κ3) is 4.23. The zero-order valence-corrected chi connectivity index (χ0v) is 9.23. The zero-order chi connectivity index (χ0) is 11.8. The molecule has 16 heavy (non-hydrogen) atoms. The lowest BCUT2D eigenvalue weighted by molar-refractivity contribution is -0.116. The van der Waals surface area contributed by atoms with Crippen molar-refractivity contribution in [1.82, 2.24) is 0 Å². The van der Waals surface area contributed by atoms with Crippen LogP contribution in [0.1, 0.15) is 23.2 Å². The Kier molecular flexibility index (Phi) is 5.22. The van der Waals surface area contributed by atoms with E-state index in [9.17, 15) is 9.59 Å². The molecule has 0 fully saturated rings. The first-order chi connectivity index (χ1) is 7.76. The van der Waals surface area contributed by atoms with Crippen LogP contribution >= 0.6 is 0 Å². The predicted octanol–water partition coefficient (Wildman–Crippen LogP) is 1.86. The van der Waals surface area contributed by atoms with Crippen molar-refractivity contribution in [3.63, 3.8) is 0 Å². The van der Waals surface area contributed by atoms with E-state index in [0.717, 1.165) is 6.29 Å². The third-order valence-corrected chi connectivity index (χ3v) is 2.06. The van der Waals surface area contributed by atoms with Gasteiger partial charge >= 0.3 is 0 Å². The molecule has 4 nitrogen and oxygen atoms in total. The number of nitrogens with one attached hydrogen (secondary N) is 1. The Hall–Kier alpha value is -1.68. The minimum Gasteiger partial charge on any atom is -0.385 e. The Morgan fingerprint density at radius 2 is 2.31 bits per heavy atom. The number of anilines is 1. The van der Waals surface area contributed by atoms with E-state index in [1.54, 1.807) is 31.4 Å². The Labute approximate surface area is 94.6 Å². The van der Waals surface area contributed by atoms with Crippen LogP contribution in [-0.4, -0.2) is 25.9 Å². The van der Waals surface area contributed by atoms with E-state index in [2.05, 4.69) is 5.32 Å². The van der Waals surface area contributed by atoms with Gasteiger partial charge in [-0.2, -0.15) is 0 Å². The first kappa shape index (κ1) is 12.4. The molecule has 0 aromatic heterocycles. The fraction of sp³-hybridized carbons (Fsp3) is 0.333. The number of benzene rings is 1. The van der Waals surface area contributed by atoms with Crippen LogP contribution in [-0.2, 0) is 9.53 Å². The summed E-state index contributed by atoms with van der Waals surface area (Å²) >= 11 is 0. The molecule has 0 spiro atoms. The van der Waals surface area contributed by atoms with Crippen molar-refractivity contribution in [1.29, 1.82) is 0 Å². The van der Waals surface area contributed by atoms with Crippen LogP contribution in [0.15, 0.2) is 24.3 Å². The summed E-state index contributed by atoms with van der Waals surface area (Å²) in [4.78, 5) is 22.0. The first-order valence-corrected chi connectivity index (χ1v) is 5.10. The summed E-state index contributed by atoms with van der Waals surface area (Å²) in [7, 11) is 1.60. The number of carbonyl (C=O) groups is 2. The van der Waals surface area contributed by atoms with Crippen LogP contribution in [0.2, 0.25) is 0 Å². The second-order valence-electron chi connectivity index (χ2n) is 3.39. The monoisotopic (exact) mass is 221 g/mol. The molecule has 1 N–H and O–H groups in total. The lowest BCUT2D eigenvalue weighted by Crippen LogP contribution is -2.12. The summed E-state index contributed by atoms with van der Waals surface area (Å²) in [5, 5.41) is 2.72. The van der Waals surface area contributed by atoms with Gasteiger partial charge in [-0.1, -0.05) is 12.1 Å². The van der Waals surface area contributed by atoms with E-state index in [4.69, 9.17) is 4.74 Å². The molecule has 86 valence electrons. The normalized spacial score (nSPS) is 9.81. The van der Waals surface area contributed by atoms with Gasteiger partial charge in [-0.15, -0.1) is 0 Å². The highest BCUT2D eigenvalue weighted by molar-refractivity contribution is 5.91. The smallest absolute Gasteiger partial charge is 0.224 e. The molecule has 0 atom stereocenters. The summed E-state index contributed by atoms with van der Waals surface area (Å²) < 4.78 is 4.85. The molecule has 0 saturated carbocycles. The summed E-state index contributed by atoms with van der Waals surface area (Å²) in [5.74, 6) is -0.0694. The van der Waals surface area contributed by atoms with Gasteiger partial charge in [-0.25, -0.2) is 0 Å². The van der Waals surface area contributed by atoms with Crippen molar-refractivity contribution in [2.24, 2.45) is 0 Å². The van der Waals surface area contributed by atoms with Gasteiger partial charge < -0.3 is 10.1 Å². The van der Waals surface area contributed by atoms with Gasteiger partial charge in [0.05, 0.1) is 0 Å². The second-order valence-corrected chi connectivity index (χ2v) is 3.39.